The van der Waals surface area contributed by atoms with E-state index in [1.165, 1.54) is 12.4 Å². The topological polar surface area (TPSA) is 108 Å². The Bertz CT molecular complexity index is 1400. The summed E-state index contributed by atoms with van der Waals surface area (Å²) in [5.74, 6) is 0. The summed E-state index contributed by atoms with van der Waals surface area (Å²) >= 11 is 0. The van der Waals surface area contributed by atoms with E-state index < -0.39 is 41.0 Å². The van der Waals surface area contributed by atoms with Crippen LogP contribution >= 0.6 is 0 Å². The van der Waals surface area contributed by atoms with Gasteiger partial charge in [-0.1, -0.05) is 36.4 Å². The minimum Gasteiger partial charge on any atom is -0.334 e. The van der Waals surface area contributed by atoms with Crippen molar-refractivity contribution in [1.29, 1.82) is 0 Å². The maximum atomic E-state index is 14.5. The van der Waals surface area contributed by atoms with E-state index in [-0.39, 0.29) is 24.5 Å². The summed E-state index contributed by atoms with van der Waals surface area (Å²) in [5.41, 5.74) is -5.31. The highest BCUT2D eigenvalue weighted by Crippen LogP contribution is 2.56. The normalized spacial score (nSPS) is 11.9. The molecule has 4 N–H and O–H groups in total. The first-order valence-corrected chi connectivity index (χ1v) is 12.6. The van der Waals surface area contributed by atoms with Gasteiger partial charge in [-0.15, -0.1) is 0 Å². The Hall–Kier alpha value is -5.14. The molecule has 8 nitrogen and oxygen atoms in total. The van der Waals surface area contributed by atoms with Gasteiger partial charge in [-0.05, 0) is 58.7 Å². The van der Waals surface area contributed by atoms with Crippen molar-refractivity contribution < 1.29 is 35.9 Å². The van der Waals surface area contributed by atoms with Crippen molar-refractivity contribution in [3.8, 4) is 0 Å². The number of benzene rings is 2. The fourth-order valence-corrected chi connectivity index (χ4v) is 4.31. The molecule has 0 aliphatic heterocycles. The lowest BCUT2D eigenvalue weighted by Crippen LogP contribution is -2.54. The summed E-state index contributed by atoms with van der Waals surface area (Å²) < 4.78 is 87.0. The third-order valence-corrected chi connectivity index (χ3v) is 6.35. The number of anilines is 2. The number of hydrogen-bond acceptors (Lipinski definition) is 4. The second-order valence-electron chi connectivity index (χ2n) is 9.24. The lowest BCUT2D eigenvalue weighted by Gasteiger charge is -2.38. The van der Waals surface area contributed by atoms with Gasteiger partial charge in [0.15, 0.2) is 0 Å². The van der Waals surface area contributed by atoms with Crippen molar-refractivity contribution in [2.24, 2.45) is 0 Å². The zero-order valence-corrected chi connectivity index (χ0v) is 22.1. The van der Waals surface area contributed by atoms with E-state index in [1.54, 1.807) is 36.7 Å². The van der Waals surface area contributed by atoms with Crippen molar-refractivity contribution in [1.82, 2.24) is 20.6 Å². The van der Waals surface area contributed by atoms with E-state index in [0.717, 1.165) is 24.3 Å². The summed E-state index contributed by atoms with van der Waals surface area (Å²) in [6.07, 6.45) is -5.49. The lowest BCUT2D eigenvalue weighted by atomic mass is 9.73. The molecule has 0 saturated carbocycles. The fourth-order valence-electron chi connectivity index (χ4n) is 4.31. The van der Waals surface area contributed by atoms with Crippen LogP contribution in [0, 0.1) is 0 Å². The molecule has 224 valence electrons. The summed E-state index contributed by atoms with van der Waals surface area (Å²) in [4.78, 5) is 32.2. The van der Waals surface area contributed by atoms with Crippen LogP contribution in [0.2, 0.25) is 0 Å². The van der Waals surface area contributed by atoms with Gasteiger partial charge in [0.05, 0.1) is 0 Å². The molecule has 0 spiro atoms. The highest BCUT2D eigenvalue weighted by atomic mass is 19.4. The summed E-state index contributed by atoms with van der Waals surface area (Å²) in [7, 11) is 0. The van der Waals surface area contributed by atoms with Crippen LogP contribution in [0.3, 0.4) is 0 Å². The third-order valence-electron chi connectivity index (χ3n) is 6.35. The first kappa shape index (κ1) is 30.8. The van der Waals surface area contributed by atoms with E-state index in [1.807, 2.05) is 0 Å². The summed E-state index contributed by atoms with van der Waals surface area (Å²) in [6, 6.07) is 11.7. The second kappa shape index (κ2) is 12.8. The van der Waals surface area contributed by atoms with Gasteiger partial charge in [0.1, 0.15) is 0 Å². The Morgan fingerprint density at radius 1 is 0.581 bits per heavy atom. The molecule has 43 heavy (non-hydrogen) atoms. The molecule has 0 aliphatic rings. The SMILES string of the molecule is O=C(NCc1cccnc1)Nc1ccc(C(c2ccc(NC(=O)NCc3cccnc3)cc2)(C(F)(F)F)C(F)(F)F)cc1. The number of alkyl halides is 6. The molecule has 0 radical (unpaired) electrons. The van der Waals surface area contributed by atoms with Gasteiger partial charge in [-0.25, -0.2) is 9.59 Å². The number of amides is 4. The van der Waals surface area contributed by atoms with Crippen molar-refractivity contribution in [2.45, 2.75) is 30.9 Å². The van der Waals surface area contributed by atoms with Crippen LogP contribution in [-0.4, -0.2) is 34.4 Å². The molecular formula is C29H24F6N6O2. The molecule has 0 fully saturated rings. The number of pyridine rings is 2. The number of carbonyl (C=O) groups excluding carboxylic acids is 2. The van der Waals surface area contributed by atoms with Crippen LogP contribution in [0.4, 0.5) is 47.3 Å². The molecule has 4 amide bonds. The van der Waals surface area contributed by atoms with Crippen molar-refractivity contribution in [3.05, 3.63) is 120 Å². The largest absolute Gasteiger partial charge is 0.411 e. The maximum Gasteiger partial charge on any atom is 0.411 e. The number of carbonyl (C=O) groups is 2. The predicted octanol–water partition coefficient (Wildman–Crippen LogP) is 6.53. The summed E-state index contributed by atoms with van der Waals surface area (Å²) in [5, 5.41) is 9.77. The molecule has 0 atom stereocenters. The van der Waals surface area contributed by atoms with E-state index in [4.69, 9.17) is 0 Å². The van der Waals surface area contributed by atoms with Gasteiger partial charge in [-0.3, -0.25) is 9.97 Å². The zero-order chi connectivity index (χ0) is 31.1. The monoisotopic (exact) mass is 602 g/mol. The molecule has 0 bridgehead atoms. The number of nitrogens with one attached hydrogen (secondary N) is 4. The van der Waals surface area contributed by atoms with E-state index in [0.29, 0.717) is 35.4 Å². The molecular weight excluding hydrogens is 578 g/mol. The Kier molecular flexibility index (Phi) is 9.17. The number of urea groups is 2. The van der Waals surface area contributed by atoms with E-state index in [9.17, 15) is 35.9 Å². The van der Waals surface area contributed by atoms with Gasteiger partial charge in [-0.2, -0.15) is 26.3 Å². The number of halogens is 6. The maximum absolute atomic E-state index is 14.5. The van der Waals surface area contributed by atoms with Crippen molar-refractivity contribution >= 4 is 23.4 Å². The molecule has 2 heterocycles. The molecule has 14 heteroatoms. The lowest BCUT2D eigenvalue weighted by molar-refractivity contribution is -0.288. The van der Waals surface area contributed by atoms with Gasteiger partial charge in [0.2, 0.25) is 5.41 Å². The molecule has 2 aromatic heterocycles. The molecule has 4 aromatic rings. The average molecular weight is 603 g/mol. The number of nitrogens with zero attached hydrogens (tertiary/aromatic N) is 2. The van der Waals surface area contributed by atoms with Gasteiger partial charge < -0.3 is 21.3 Å². The highest BCUT2D eigenvalue weighted by molar-refractivity contribution is 5.89. The Balaban J connectivity index is 1.53. The number of rotatable bonds is 8. The zero-order valence-electron chi connectivity index (χ0n) is 22.1. The minimum absolute atomic E-state index is 0.0254. The standard InChI is InChI=1S/C29H24F6N6O2/c30-28(31,32)27(29(33,34)35,21-5-9-23(10-6-21)40-25(42)38-17-19-3-1-13-36-15-19)22-7-11-24(12-8-22)41-26(43)39-18-20-4-2-14-37-16-20/h1-16H,17-18H2,(H2,38,40,42)(H2,39,41,43). The van der Waals surface area contributed by atoms with E-state index >= 15 is 0 Å². The molecule has 2 aromatic carbocycles. The van der Waals surface area contributed by atoms with Crippen molar-refractivity contribution in [2.75, 3.05) is 10.6 Å². The predicted molar refractivity (Wildman–Crippen MR) is 146 cm³/mol. The molecule has 0 aliphatic carbocycles. The van der Waals surface area contributed by atoms with Crippen LogP contribution in [0.25, 0.3) is 0 Å². The Morgan fingerprint density at radius 2 is 0.953 bits per heavy atom. The van der Waals surface area contributed by atoms with Crippen LogP contribution in [0.1, 0.15) is 22.3 Å². The average Bonchev–Trinajstić information content (AvgIpc) is 2.97. The number of hydrogen-bond donors (Lipinski definition) is 4. The number of aromatic nitrogens is 2. The second-order valence-corrected chi connectivity index (χ2v) is 9.24. The molecule has 0 unspecified atom stereocenters. The first-order valence-electron chi connectivity index (χ1n) is 12.6. The molecule has 4 rings (SSSR count). The Morgan fingerprint density at radius 3 is 1.26 bits per heavy atom. The van der Waals surface area contributed by atoms with E-state index in [2.05, 4.69) is 31.2 Å². The Labute approximate surface area is 241 Å². The third kappa shape index (κ3) is 7.20. The summed E-state index contributed by atoms with van der Waals surface area (Å²) in [6.45, 7) is 0.195. The minimum atomic E-state index is -5.81. The molecule has 0 saturated heterocycles. The highest BCUT2D eigenvalue weighted by Gasteiger charge is 2.72. The smallest absolute Gasteiger partial charge is 0.334 e. The van der Waals surface area contributed by atoms with Crippen LogP contribution in [0.5, 0.6) is 0 Å². The fraction of sp³-hybridized carbons (Fsp3) is 0.172. The van der Waals surface area contributed by atoms with Gasteiger partial charge >= 0.3 is 24.4 Å². The van der Waals surface area contributed by atoms with Crippen LogP contribution in [0.15, 0.2) is 97.6 Å². The van der Waals surface area contributed by atoms with Crippen molar-refractivity contribution in [3.63, 3.8) is 0 Å². The van der Waals surface area contributed by atoms with Crippen LogP contribution < -0.4 is 21.3 Å². The van der Waals surface area contributed by atoms with Gasteiger partial charge in [0, 0.05) is 49.3 Å². The first-order chi connectivity index (χ1) is 20.4. The van der Waals surface area contributed by atoms with Crippen LogP contribution in [-0.2, 0) is 18.5 Å². The van der Waals surface area contributed by atoms with Gasteiger partial charge in [0.25, 0.3) is 0 Å². The quantitative estimate of drug-likeness (QED) is 0.172.